The van der Waals surface area contributed by atoms with Gasteiger partial charge in [-0.2, -0.15) is 0 Å². The largest absolute Gasteiger partial charge is 0.227 e. The zero-order valence-electron chi connectivity index (χ0n) is 6.73. The van der Waals surface area contributed by atoms with E-state index in [9.17, 15) is 16.8 Å². The van der Waals surface area contributed by atoms with Crippen molar-refractivity contribution in [1.82, 2.24) is 3.71 Å². The quantitative estimate of drug-likeness (QED) is 0.581. The van der Waals surface area contributed by atoms with Crippen molar-refractivity contribution < 1.29 is 16.8 Å². The van der Waals surface area contributed by atoms with Gasteiger partial charge < -0.3 is 0 Å². The lowest BCUT2D eigenvalue weighted by Crippen LogP contribution is -2.41. The SMILES string of the molecule is CS(=O)(=O)N1CCCCS1(=O)=O. The second kappa shape index (κ2) is 2.97. The summed E-state index contributed by atoms with van der Waals surface area (Å²) in [5, 5.41) is 0. The molecule has 0 radical (unpaired) electrons. The van der Waals surface area contributed by atoms with Crippen molar-refractivity contribution in [3.63, 3.8) is 0 Å². The average Bonchev–Trinajstić information content (AvgIpc) is 1.83. The van der Waals surface area contributed by atoms with Gasteiger partial charge in [0, 0.05) is 6.54 Å². The molecule has 0 saturated carbocycles. The Morgan fingerprint density at radius 1 is 1.25 bits per heavy atom. The van der Waals surface area contributed by atoms with Crippen molar-refractivity contribution >= 4 is 20.0 Å². The second-order valence-corrected chi connectivity index (χ2v) is 6.93. The summed E-state index contributed by atoms with van der Waals surface area (Å²) in [5.41, 5.74) is 0. The predicted octanol–water partition coefficient (Wildman–Crippen LogP) is -0.628. The molecule has 0 unspecified atom stereocenters. The number of hydrogen-bond donors (Lipinski definition) is 0. The first-order valence-electron chi connectivity index (χ1n) is 3.54. The number of rotatable bonds is 1. The van der Waals surface area contributed by atoms with Gasteiger partial charge in [0.2, 0.25) is 20.0 Å². The summed E-state index contributed by atoms with van der Waals surface area (Å²) in [5.74, 6) is -0.0555. The Morgan fingerprint density at radius 3 is 2.17 bits per heavy atom. The van der Waals surface area contributed by atoms with E-state index in [0.29, 0.717) is 16.6 Å². The maximum absolute atomic E-state index is 11.2. The summed E-state index contributed by atoms with van der Waals surface area (Å²) < 4.78 is 44.8. The first-order chi connectivity index (χ1) is 5.34. The fourth-order valence-corrected chi connectivity index (χ4v) is 4.65. The van der Waals surface area contributed by atoms with Crippen LogP contribution in [0.5, 0.6) is 0 Å². The van der Waals surface area contributed by atoms with E-state index in [2.05, 4.69) is 0 Å². The Bertz CT molecular complexity index is 355. The summed E-state index contributed by atoms with van der Waals surface area (Å²) in [4.78, 5) is 0. The molecular weight excluding hydrogens is 202 g/mol. The predicted molar refractivity (Wildman–Crippen MR) is 44.6 cm³/mol. The topological polar surface area (TPSA) is 71.5 Å². The standard InChI is InChI=1S/C5H11NO4S2/c1-11(7,8)6-4-2-3-5-12(6,9)10/h2-5H2,1H3. The minimum Gasteiger partial charge on any atom is -0.212 e. The number of hydrogen-bond acceptors (Lipinski definition) is 4. The zero-order valence-corrected chi connectivity index (χ0v) is 8.36. The lowest BCUT2D eigenvalue weighted by atomic mass is 10.3. The Morgan fingerprint density at radius 2 is 1.83 bits per heavy atom. The molecule has 12 heavy (non-hydrogen) atoms. The monoisotopic (exact) mass is 213 g/mol. The number of sulfonamides is 2. The van der Waals surface area contributed by atoms with Crippen LogP contribution in [0.2, 0.25) is 0 Å². The highest BCUT2D eigenvalue weighted by molar-refractivity contribution is 8.03. The molecule has 5 nitrogen and oxygen atoms in total. The van der Waals surface area contributed by atoms with Gasteiger partial charge >= 0.3 is 0 Å². The van der Waals surface area contributed by atoms with Gasteiger partial charge in [0.1, 0.15) is 0 Å². The van der Waals surface area contributed by atoms with Crippen LogP contribution in [0.15, 0.2) is 0 Å². The molecule has 0 amide bonds. The van der Waals surface area contributed by atoms with E-state index >= 15 is 0 Å². The third-order valence-corrected chi connectivity index (χ3v) is 5.70. The van der Waals surface area contributed by atoms with Crippen molar-refractivity contribution in [3.05, 3.63) is 0 Å². The average molecular weight is 213 g/mol. The fraction of sp³-hybridized carbons (Fsp3) is 1.00. The van der Waals surface area contributed by atoms with Crippen LogP contribution >= 0.6 is 0 Å². The smallest absolute Gasteiger partial charge is 0.212 e. The summed E-state index contributed by atoms with van der Waals surface area (Å²) in [6, 6.07) is 0. The molecule has 0 N–H and O–H groups in total. The van der Waals surface area contributed by atoms with Crippen LogP contribution in [0.1, 0.15) is 12.8 Å². The van der Waals surface area contributed by atoms with Gasteiger partial charge in [-0.25, -0.2) is 16.8 Å². The lowest BCUT2D eigenvalue weighted by molar-refractivity contribution is 0.473. The molecule has 0 aromatic heterocycles. The normalized spacial score (nSPS) is 25.4. The molecule has 0 spiro atoms. The van der Waals surface area contributed by atoms with E-state index in [4.69, 9.17) is 0 Å². The van der Waals surface area contributed by atoms with E-state index in [1.807, 2.05) is 0 Å². The molecule has 0 aromatic carbocycles. The van der Waals surface area contributed by atoms with Crippen LogP contribution in [-0.4, -0.2) is 39.1 Å². The molecule has 1 heterocycles. The Hall–Kier alpha value is -0.140. The third-order valence-electron chi connectivity index (χ3n) is 1.67. The second-order valence-electron chi connectivity index (χ2n) is 2.78. The highest BCUT2D eigenvalue weighted by Crippen LogP contribution is 2.16. The van der Waals surface area contributed by atoms with Gasteiger partial charge in [0.25, 0.3) is 0 Å². The van der Waals surface area contributed by atoms with Gasteiger partial charge in [-0.3, -0.25) is 0 Å². The molecule has 72 valence electrons. The van der Waals surface area contributed by atoms with Crippen LogP contribution in [0, 0.1) is 0 Å². The Balaban J connectivity index is 3.05. The van der Waals surface area contributed by atoms with Crippen molar-refractivity contribution in [1.29, 1.82) is 0 Å². The molecule has 7 heteroatoms. The molecule has 1 rings (SSSR count). The molecule has 1 saturated heterocycles. The van der Waals surface area contributed by atoms with Gasteiger partial charge in [-0.15, -0.1) is 0 Å². The lowest BCUT2D eigenvalue weighted by Gasteiger charge is -2.23. The van der Waals surface area contributed by atoms with Crippen molar-refractivity contribution in [2.45, 2.75) is 12.8 Å². The van der Waals surface area contributed by atoms with Crippen molar-refractivity contribution in [2.75, 3.05) is 18.6 Å². The van der Waals surface area contributed by atoms with E-state index in [1.165, 1.54) is 0 Å². The minimum absolute atomic E-state index is 0.0555. The van der Waals surface area contributed by atoms with E-state index in [-0.39, 0.29) is 12.3 Å². The van der Waals surface area contributed by atoms with Gasteiger partial charge in [0.15, 0.2) is 0 Å². The highest BCUT2D eigenvalue weighted by atomic mass is 32.3. The molecule has 0 aromatic rings. The molecule has 1 aliphatic rings. The van der Waals surface area contributed by atoms with Crippen LogP contribution < -0.4 is 0 Å². The van der Waals surface area contributed by atoms with Gasteiger partial charge in [-0.05, 0) is 12.8 Å². The summed E-state index contributed by atoms with van der Waals surface area (Å²) >= 11 is 0. The summed E-state index contributed by atoms with van der Waals surface area (Å²) in [7, 11) is -7.12. The van der Waals surface area contributed by atoms with Crippen LogP contribution in [-0.2, 0) is 20.0 Å². The Kier molecular flexibility index (Phi) is 2.46. The fourth-order valence-electron chi connectivity index (χ4n) is 1.14. The van der Waals surface area contributed by atoms with E-state index in [1.54, 1.807) is 0 Å². The molecular formula is C5H11NO4S2. The van der Waals surface area contributed by atoms with Crippen LogP contribution in [0.3, 0.4) is 0 Å². The molecule has 1 fully saturated rings. The van der Waals surface area contributed by atoms with E-state index in [0.717, 1.165) is 6.26 Å². The molecule has 0 bridgehead atoms. The maximum Gasteiger partial charge on any atom is 0.227 e. The van der Waals surface area contributed by atoms with Crippen LogP contribution in [0.4, 0.5) is 0 Å². The van der Waals surface area contributed by atoms with E-state index < -0.39 is 20.0 Å². The summed E-state index contributed by atoms with van der Waals surface area (Å²) in [6.07, 6.45) is 2.08. The zero-order chi connectivity index (χ0) is 9.41. The maximum atomic E-state index is 11.2. The van der Waals surface area contributed by atoms with Gasteiger partial charge in [0.05, 0.1) is 12.0 Å². The van der Waals surface area contributed by atoms with Crippen molar-refractivity contribution in [2.24, 2.45) is 0 Å². The first kappa shape index (κ1) is 9.94. The summed E-state index contributed by atoms with van der Waals surface area (Å²) in [6.45, 7) is 0.0984. The minimum atomic E-state index is -3.59. The first-order valence-corrected chi connectivity index (χ1v) is 7.00. The third kappa shape index (κ3) is 1.96. The van der Waals surface area contributed by atoms with Gasteiger partial charge in [-0.1, -0.05) is 3.71 Å². The molecule has 1 aliphatic heterocycles. The molecule has 0 atom stereocenters. The molecule has 0 aliphatic carbocycles. The Labute approximate surface area is 72.5 Å². The highest BCUT2D eigenvalue weighted by Gasteiger charge is 2.32. The van der Waals surface area contributed by atoms with Crippen molar-refractivity contribution in [3.8, 4) is 0 Å². The number of nitrogens with zero attached hydrogens (tertiary/aromatic N) is 1. The van der Waals surface area contributed by atoms with Crippen LogP contribution in [0.25, 0.3) is 0 Å².